The Hall–Kier alpha value is -1.51. The van der Waals surface area contributed by atoms with Crippen molar-refractivity contribution in [1.82, 2.24) is 5.32 Å². The number of rotatable bonds is 3. The Labute approximate surface area is 103 Å². The van der Waals surface area contributed by atoms with Crippen molar-refractivity contribution < 1.29 is 4.79 Å². The van der Waals surface area contributed by atoms with Crippen LogP contribution in [0.2, 0.25) is 0 Å². The van der Waals surface area contributed by atoms with Crippen molar-refractivity contribution in [3.63, 3.8) is 0 Å². The molecule has 0 unspecified atom stereocenters. The minimum atomic E-state index is -0.0907. The van der Waals surface area contributed by atoms with E-state index in [0.717, 1.165) is 18.5 Å². The first-order valence-electron chi connectivity index (χ1n) is 6.32. The molecule has 1 aromatic rings. The number of amides is 2. The van der Waals surface area contributed by atoms with Crippen molar-refractivity contribution in [3.05, 3.63) is 29.8 Å². The van der Waals surface area contributed by atoms with Crippen molar-refractivity contribution in [2.24, 2.45) is 0 Å². The zero-order valence-corrected chi connectivity index (χ0v) is 10.5. The highest BCUT2D eigenvalue weighted by Gasteiger charge is 2.19. The second-order valence-corrected chi connectivity index (χ2v) is 5.00. The van der Waals surface area contributed by atoms with E-state index in [0.29, 0.717) is 12.0 Å². The summed E-state index contributed by atoms with van der Waals surface area (Å²) < 4.78 is 0. The van der Waals surface area contributed by atoms with Gasteiger partial charge in [-0.2, -0.15) is 0 Å². The number of nitrogens with one attached hydrogen (secondary N) is 2. The first-order chi connectivity index (χ1) is 8.15. The van der Waals surface area contributed by atoms with E-state index in [-0.39, 0.29) is 6.03 Å². The van der Waals surface area contributed by atoms with Crippen LogP contribution in [-0.4, -0.2) is 12.1 Å². The third kappa shape index (κ3) is 3.22. The van der Waals surface area contributed by atoms with E-state index in [4.69, 9.17) is 0 Å². The van der Waals surface area contributed by atoms with Crippen molar-refractivity contribution in [3.8, 4) is 0 Å². The van der Waals surface area contributed by atoms with E-state index >= 15 is 0 Å². The molecule has 2 amide bonds. The molecule has 0 aliphatic heterocycles. The molecule has 1 saturated carbocycles. The maximum Gasteiger partial charge on any atom is 0.319 e. The molecular formula is C14H20N2O. The van der Waals surface area contributed by atoms with Crippen LogP contribution in [0.3, 0.4) is 0 Å². The van der Waals surface area contributed by atoms with Crippen molar-refractivity contribution >= 4 is 11.7 Å². The molecule has 3 nitrogen and oxygen atoms in total. The third-order valence-corrected chi connectivity index (χ3v) is 3.28. The van der Waals surface area contributed by atoms with E-state index in [1.165, 1.54) is 12.0 Å². The van der Waals surface area contributed by atoms with Crippen LogP contribution in [0.15, 0.2) is 24.3 Å². The van der Waals surface area contributed by atoms with Gasteiger partial charge in [0, 0.05) is 11.7 Å². The fourth-order valence-corrected chi connectivity index (χ4v) is 1.86. The Kier molecular flexibility index (Phi) is 3.67. The van der Waals surface area contributed by atoms with Crippen LogP contribution < -0.4 is 10.6 Å². The van der Waals surface area contributed by atoms with E-state index in [9.17, 15) is 4.79 Å². The summed E-state index contributed by atoms with van der Waals surface area (Å²) in [6, 6.07) is 8.32. The molecule has 2 N–H and O–H groups in total. The number of urea groups is 1. The van der Waals surface area contributed by atoms with Gasteiger partial charge in [-0.05, 0) is 42.9 Å². The molecule has 0 saturated heterocycles. The van der Waals surface area contributed by atoms with Gasteiger partial charge in [0.15, 0.2) is 0 Å². The number of benzene rings is 1. The predicted octanol–water partition coefficient (Wildman–Crippen LogP) is 3.48. The van der Waals surface area contributed by atoms with E-state index in [1.807, 2.05) is 12.1 Å². The largest absolute Gasteiger partial charge is 0.335 e. The Morgan fingerprint density at radius 3 is 2.35 bits per heavy atom. The molecule has 0 radical (unpaired) electrons. The summed E-state index contributed by atoms with van der Waals surface area (Å²) in [4.78, 5) is 11.6. The number of hydrogen-bond donors (Lipinski definition) is 2. The molecule has 0 heterocycles. The molecule has 0 aromatic heterocycles. The van der Waals surface area contributed by atoms with Gasteiger partial charge in [-0.15, -0.1) is 0 Å². The molecule has 17 heavy (non-hydrogen) atoms. The predicted molar refractivity (Wildman–Crippen MR) is 70.3 cm³/mol. The Morgan fingerprint density at radius 1 is 1.24 bits per heavy atom. The van der Waals surface area contributed by atoms with Crippen molar-refractivity contribution in [1.29, 1.82) is 0 Å². The van der Waals surface area contributed by atoms with E-state index < -0.39 is 0 Å². The standard InChI is InChI=1S/C14H20N2O/c1-10(2)11-6-8-13(9-7-11)16-14(17)15-12-4-3-5-12/h6-10,12H,3-5H2,1-2H3,(H2,15,16,17). The first kappa shape index (κ1) is 12.0. The van der Waals surface area contributed by atoms with Gasteiger partial charge >= 0.3 is 6.03 Å². The summed E-state index contributed by atoms with van der Waals surface area (Å²) >= 11 is 0. The minimum absolute atomic E-state index is 0.0907. The van der Waals surface area contributed by atoms with Crippen LogP contribution in [0, 0.1) is 0 Å². The van der Waals surface area contributed by atoms with Gasteiger partial charge in [0.1, 0.15) is 0 Å². The van der Waals surface area contributed by atoms with E-state index in [2.05, 4.69) is 36.6 Å². The molecule has 92 valence electrons. The first-order valence-corrected chi connectivity index (χ1v) is 6.32. The maximum absolute atomic E-state index is 11.6. The number of anilines is 1. The van der Waals surface area contributed by atoms with Crippen molar-refractivity contribution in [2.45, 2.75) is 45.1 Å². The summed E-state index contributed by atoms with van der Waals surface area (Å²) in [5.74, 6) is 0.521. The van der Waals surface area contributed by atoms with Gasteiger partial charge in [-0.25, -0.2) is 4.79 Å². The van der Waals surface area contributed by atoms with Crippen LogP contribution in [0.1, 0.15) is 44.6 Å². The summed E-state index contributed by atoms with van der Waals surface area (Å²) in [6.07, 6.45) is 3.45. The smallest absolute Gasteiger partial charge is 0.319 e. The van der Waals surface area contributed by atoms with E-state index in [1.54, 1.807) is 0 Å². The summed E-state index contributed by atoms with van der Waals surface area (Å²) in [5.41, 5.74) is 2.14. The van der Waals surface area contributed by atoms with Gasteiger partial charge < -0.3 is 10.6 Å². The molecule has 1 aliphatic carbocycles. The molecule has 0 spiro atoms. The number of carbonyl (C=O) groups is 1. The van der Waals surface area contributed by atoms with Gasteiger partial charge in [-0.1, -0.05) is 26.0 Å². The molecule has 3 heteroatoms. The molecular weight excluding hydrogens is 212 g/mol. The summed E-state index contributed by atoms with van der Waals surface area (Å²) in [5, 5.41) is 5.81. The Balaban J connectivity index is 1.87. The van der Waals surface area contributed by atoms with Crippen LogP contribution in [0.5, 0.6) is 0 Å². The van der Waals surface area contributed by atoms with Gasteiger partial charge in [0.25, 0.3) is 0 Å². The third-order valence-electron chi connectivity index (χ3n) is 3.28. The lowest BCUT2D eigenvalue weighted by atomic mass is 9.93. The Morgan fingerprint density at radius 2 is 1.88 bits per heavy atom. The van der Waals surface area contributed by atoms with Crippen LogP contribution in [-0.2, 0) is 0 Å². The van der Waals surface area contributed by atoms with Crippen molar-refractivity contribution in [2.75, 3.05) is 5.32 Å². The van der Waals surface area contributed by atoms with Gasteiger partial charge in [-0.3, -0.25) is 0 Å². The van der Waals surface area contributed by atoms with Gasteiger partial charge in [0.05, 0.1) is 0 Å². The lowest BCUT2D eigenvalue weighted by Crippen LogP contribution is -2.41. The molecule has 0 atom stereocenters. The zero-order chi connectivity index (χ0) is 12.3. The second kappa shape index (κ2) is 5.21. The molecule has 1 aliphatic rings. The normalized spacial score (nSPS) is 15.5. The average Bonchev–Trinajstić information content (AvgIpc) is 2.24. The van der Waals surface area contributed by atoms with Gasteiger partial charge in [0.2, 0.25) is 0 Å². The molecule has 0 bridgehead atoms. The molecule has 1 aromatic carbocycles. The topological polar surface area (TPSA) is 41.1 Å². The fraction of sp³-hybridized carbons (Fsp3) is 0.500. The number of carbonyl (C=O) groups excluding carboxylic acids is 1. The van der Waals surface area contributed by atoms with Crippen LogP contribution in [0.25, 0.3) is 0 Å². The second-order valence-electron chi connectivity index (χ2n) is 5.00. The zero-order valence-electron chi connectivity index (χ0n) is 10.5. The number of hydrogen-bond acceptors (Lipinski definition) is 1. The van der Waals surface area contributed by atoms with Crippen LogP contribution in [0.4, 0.5) is 10.5 Å². The molecule has 1 fully saturated rings. The fourth-order valence-electron chi connectivity index (χ4n) is 1.86. The lowest BCUT2D eigenvalue weighted by Gasteiger charge is -2.26. The highest BCUT2D eigenvalue weighted by atomic mass is 16.2. The summed E-state index contributed by atoms with van der Waals surface area (Å²) in [6.45, 7) is 4.32. The molecule has 2 rings (SSSR count). The van der Waals surface area contributed by atoms with Crippen LogP contribution >= 0.6 is 0 Å². The Bertz CT molecular complexity index is 380. The quantitative estimate of drug-likeness (QED) is 0.823. The highest BCUT2D eigenvalue weighted by molar-refractivity contribution is 5.89. The monoisotopic (exact) mass is 232 g/mol. The minimum Gasteiger partial charge on any atom is -0.335 e. The lowest BCUT2D eigenvalue weighted by molar-refractivity contribution is 0.240. The highest BCUT2D eigenvalue weighted by Crippen LogP contribution is 2.19. The SMILES string of the molecule is CC(C)c1ccc(NC(=O)NC2CCC2)cc1. The average molecular weight is 232 g/mol. The maximum atomic E-state index is 11.6. The summed E-state index contributed by atoms with van der Waals surface area (Å²) in [7, 11) is 0.